The van der Waals surface area contributed by atoms with E-state index in [1.54, 1.807) is 14.2 Å². The van der Waals surface area contributed by atoms with E-state index in [0.29, 0.717) is 26.4 Å². The van der Waals surface area contributed by atoms with Gasteiger partial charge in [-0.2, -0.15) is 10.2 Å². The molecule has 8 rings (SSSR count). The Hall–Kier alpha value is -5.06. The lowest BCUT2D eigenvalue weighted by atomic mass is 10.0. The van der Waals surface area contributed by atoms with Gasteiger partial charge in [-0.05, 0) is 86.3 Å². The van der Waals surface area contributed by atoms with Crippen LogP contribution in [0.15, 0.2) is 84.9 Å². The highest BCUT2D eigenvalue weighted by Gasteiger charge is 2.35. The lowest BCUT2D eigenvalue weighted by molar-refractivity contribution is 0.0734. The van der Waals surface area contributed by atoms with Crippen molar-refractivity contribution in [3.8, 4) is 34.0 Å². The molecule has 48 heavy (non-hydrogen) atoms. The van der Waals surface area contributed by atoms with Gasteiger partial charge in [-0.15, -0.1) is 0 Å². The first-order chi connectivity index (χ1) is 23.7. The van der Waals surface area contributed by atoms with Crippen molar-refractivity contribution in [2.24, 2.45) is 0 Å². The minimum Gasteiger partial charge on any atom is -0.497 e. The number of methoxy groups -OCH3 is 2. The summed E-state index contributed by atoms with van der Waals surface area (Å²) in [6, 6.07) is 29.6. The van der Waals surface area contributed by atoms with Gasteiger partial charge in [0, 0.05) is 48.3 Å². The quantitative estimate of drug-likeness (QED) is 0.157. The van der Waals surface area contributed by atoms with Gasteiger partial charge in [-0.1, -0.05) is 24.3 Å². The fourth-order valence-corrected chi connectivity index (χ4v) is 7.21. The molecule has 0 radical (unpaired) electrons. The fraction of sp³-hybridized carbons (Fsp3) is 0.316. The van der Waals surface area contributed by atoms with Crippen LogP contribution in [-0.2, 0) is 9.47 Å². The van der Waals surface area contributed by atoms with E-state index >= 15 is 0 Å². The Balaban J connectivity index is 1.29. The monoisotopic (exact) mass is 644 g/mol. The van der Waals surface area contributed by atoms with Gasteiger partial charge in [-0.3, -0.25) is 20.2 Å². The molecule has 4 aromatic carbocycles. The van der Waals surface area contributed by atoms with Crippen LogP contribution in [0.5, 0.6) is 11.5 Å². The van der Waals surface area contributed by atoms with Gasteiger partial charge >= 0.3 is 0 Å². The van der Waals surface area contributed by atoms with Crippen molar-refractivity contribution in [1.29, 1.82) is 0 Å². The van der Waals surface area contributed by atoms with Crippen molar-refractivity contribution in [3.63, 3.8) is 0 Å². The van der Waals surface area contributed by atoms with Crippen LogP contribution in [0.2, 0.25) is 0 Å². The van der Waals surface area contributed by atoms with Gasteiger partial charge in [0.2, 0.25) is 0 Å². The average Bonchev–Trinajstić information content (AvgIpc) is 3.80. The van der Waals surface area contributed by atoms with Crippen molar-refractivity contribution in [1.82, 2.24) is 20.4 Å². The number of rotatable bonds is 9. The van der Waals surface area contributed by atoms with Gasteiger partial charge in [0.25, 0.3) is 0 Å². The van der Waals surface area contributed by atoms with Gasteiger partial charge < -0.3 is 18.9 Å². The van der Waals surface area contributed by atoms with Crippen molar-refractivity contribution >= 4 is 33.2 Å². The first kappa shape index (κ1) is 30.3. The lowest BCUT2D eigenvalue weighted by Crippen LogP contribution is -2.57. The molecule has 2 saturated heterocycles. The van der Waals surface area contributed by atoms with Crippen LogP contribution in [0, 0.1) is 0 Å². The molecule has 6 aromatic rings. The summed E-state index contributed by atoms with van der Waals surface area (Å²) in [5.74, 6) is 1.64. The van der Waals surface area contributed by atoms with E-state index in [-0.39, 0.29) is 12.1 Å². The molecule has 10 heteroatoms. The molecule has 2 aromatic heterocycles. The Labute approximate surface area is 279 Å². The van der Waals surface area contributed by atoms with E-state index in [1.807, 2.05) is 24.3 Å². The van der Waals surface area contributed by atoms with Crippen molar-refractivity contribution in [3.05, 3.63) is 84.9 Å². The van der Waals surface area contributed by atoms with Crippen LogP contribution in [0.1, 0.15) is 25.7 Å². The summed E-state index contributed by atoms with van der Waals surface area (Å²) in [4.78, 5) is 0. The van der Waals surface area contributed by atoms with Gasteiger partial charge in [0.1, 0.15) is 11.5 Å². The molecule has 0 bridgehead atoms. The number of para-hydroxylation sites is 2. The van der Waals surface area contributed by atoms with Crippen molar-refractivity contribution in [2.45, 2.75) is 37.8 Å². The van der Waals surface area contributed by atoms with Crippen LogP contribution in [-0.4, -0.2) is 73.1 Å². The summed E-state index contributed by atoms with van der Waals surface area (Å²) in [5.41, 5.74) is 8.08. The zero-order valence-electron chi connectivity index (χ0n) is 27.3. The van der Waals surface area contributed by atoms with E-state index < -0.39 is 0 Å². The largest absolute Gasteiger partial charge is 0.497 e. The number of anilines is 2. The van der Waals surface area contributed by atoms with Crippen LogP contribution < -0.4 is 19.5 Å². The number of nitrogens with zero attached hydrogens (tertiary/aromatic N) is 4. The smallest absolute Gasteiger partial charge is 0.118 e. The second kappa shape index (κ2) is 13.2. The summed E-state index contributed by atoms with van der Waals surface area (Å²) in [6.07, 6.45) is 3.63. The highest BCUT2D eigenvalue weighted by atomic mass is 16.5. The molecule has 2 N–H and O–H groups in total. The van der Waals surface area contributed by atoms with E-state index in [4.69, 9.17) is 29.1 Å². The molecule has 10 nitrogen and oxygen atoms in total. The molecule has 2 aliphatic rings. The zero-order valence-corrected chi connectivity index (χ0v) is 27.3. The average molecular weight is 645 g/mol. The molecule has 0 spiro atoms. The third-order valence-corrected chi connectivity index (χ3v) is 9.68. The first-order valence-electron chi connectivity index (χ1n) is 16.7. The molecule has 2 aliphatic heterocycles. The number of aromatic amines is 2. The van der Waals surface area contributed by atoms with E-state index in [0.717, 1.165) is 92.9 Å². The van der Waals surface area contributed by atoms with E-state index in [2.05, 4.69) is 80.9 Å². The summed E-state index contributed by atoms with van der Waals surface area (Å²) in [6.45, 7) is 2.87. The lowest BCUT2D eigenvalue weighted by Gasteiger charge is -2.49. The number of benzene rings is 4. The molecule has 0 amide bonds. The van der Waals surface area contributed by atoms with E-state index in [9.17, 15) is 0 Å². The molecular formula is C38H40N6O4. The van der Waals surface area contributed by atoms with Crippen molar-refractivity contribution < 1.29 is 18.9 Å². The van der Waals surface area contributed by atoms with E-state index in [1.165, 1.54) is 0 Å². The standard InChI is InChI=1S/C38H40N6O4/c1-45-29-13-9-25(10-14-29)35-31-5-3-7-33(37(31)41-39-35)43(27-17-21-47-22-18-27)44(28-19-23-48-24-20-28)34-8-4-6-32-36(40-42-38(32)34)26-11-15-30(46-2)16-12-26/h3-16,27-28H,17-24H2,1-2H3,(H,39,41)(H,40,42). The Kier molecular flexibility index (Phi) is 8.34. The van der Waals surface area contributed by atoms with Gasteiger partial charge in [0.15, 0.2) is 0 Å². The Morgan fingerprint density at radius 1 is 0.562 bits per heavy atom. The number of nitrogens with one attached hydrogen (secondary N) is 2. The zero-order chi connectivity index (χ0) is 32.5. The third kappa shape index (κ3) is 5.50. The van der Waals surface area contributed by atoms with Gasteiger partial charge in [0.05, 0.1) is 60.1 Å². The predicted molar refractivity (Wildman–Crippen MR) is 189 cm³/mol. The topological polar surface area (TPSA) is 101 Å². The Morgan fingerprint density at radius 3 is 1.33 bits per heavy atom. The maximum atomic E-state index is 5.90. The maximum Gasteiger partial charge on any atom is 0.118 e. The third-order valence-electron chi connectivity index (χ3n) is 9.68. The second-order valence-corrected chi connectivity index (χ2v) is 12.4. The molecule has 0 atom stereocenters. The molecule has 0 aliphatic carbocycles. The molecule has 2 fully saturated rings. The van der Waals surface area contributed by atoms with Gasteiger partial charge in [-0.25, -0.2) is 0 Å². The second-order valence-electron chi connectivity index (χ2n) is 12.4. The summed E-state index contributed by atoms with van der Waals surface area (Å²) >= 11 is 0. The van der Waals surface area contributed by atoms with Crippen LogP contribution in [0.25, 0.3) is 44.3 Å². The SMILES string of the molecule is COc1ccc(-c2n[nH]c3c(N(C4CCOCC4)N(c4cccc5c(-c6ccc(OC)cc6)n[nH]c45)C4CCOCC4)cccc23)cc1. The number of fused-ring (bicyclic) bond motifs is 2. The number of ether oxygens (including phenoxy) is 4. The molecular weight excluding hydrogens is 604 g/mol. The summed E-state index contributed by atoms with van der Waals surface area (Å²) < 4.78 is 22.6. The maximum absolute atomic E-state index is 5.90. The first-order valence-corrected chi connectivity index (χ1v) is 16.7. The Morgan fingerprint density at radius 2 is 0.958 bits per heavy atom. The van der Waals surface area contributed by atoms with Crippen molar-refractivity contribution in [2.75, 3.05) is 50.7 Å². The number of hydrogen-bond donors (Lipinski definition) is 2. The molecule has 246 valence electrons. The van der Waals surface area contributed by atoms with Crippen LogP contribution in [0.3, 0.4) is 0 Å². The van der Waals surface area contributed by atoms with Crippen LogP contribution in [0.4, 0.5) is 11.4 Å². The number of H-pyrrole nitrogens is 2. The highest BCUT2D eigenvalue weighted by molar-refractivity contribution is 6.03. The highest BCUT2D eigenvalue weighted by Crippen LogP contribution is 2.41. The minimum atomic E-state index is 0.208. The Bertz CT molecular complexity index is 1850. The summed E-state index contributed by atoms with van der Waals surface area (Å²) in [7, 11) is 3.37. The minimum absolute atomic E-state index is 0.208. The number of hydrogen-bond acceptors (Lipinski definition) is 8. The number of aromatic nitrogens is 4. The molecule has 4 heterocycles. The molecule has 0 unspecified atom stereocenters. The predicted octanol–water partition coefficient (Wildman–Crippen LogP) is 7.38. The fourth-order valence-electron chi connectivity index (χ4n) is 7.21. The molecule has 0 saturated carbocycles. The number of hydrazine groups is 1. The normalized spacial score (nSPS) is 16.0. The van der Waals surface area contributed by atoms with Crippen LogP contribution >= 0.6 is 0 Å². The summed E-state index contributed by atoms with van der Waals surface area (Å²) in [5, 5.41) is 23.8.